The lowest BCUT2D eigenvalue weighted by Gasteiger charge is -2.11. The molecule has 0 saturated heterocycles. The fourth-order valence-corrected chi connectivity index (χ4v) is 3.64. The third-order valence-corrected chi connectivity index (χ3v) is 4.73. The van der Waals surface area contributed by atoms with E-state index in [1.807, 2.05) is 24.3 Å². The molecule has 1 saturated carbocycles. The predicted molar refractivity (Wildman–Crippen MR) is 80.7 cm³/mol. The van der Waals surface area contributed by atoms with Gasteiger partial charge in [0.2, 0.25) is 0 Å². The Morgan fingerprint density at radius 2 is 2.25 bits per heavy atom. The molecule has 20 heavy (non-hydrogen) atoms. The zero-order chi connectivity index (χ0) is 13.5. The van der Waals surface area contributed by atoms with Crippen LogP contribution >= 0.6 is 11.8 Å². The SMILES string of the molecule is CCNc1nc(-c2cncn2C2CC2)nc2c1CSC2. The van der Waals surface area contributed by atoms with Crippen LogP contribution in [0.4, 0.5) is 5.82 Å². The Morgan fingerprint density at radius 3 is 3.05 bits per heavy atom. The number of thioether (sulfide) groups is 1. The van der Waals surface area contributed by atoms with E-state index in [2.05, 4.69) is 21.8 Å². The quantitative estimate of drug-likeness (QED) is 0.937. The molecule has 3 heterocycles. The minimum Gasteiger partial charge on any atom is -0.370 e. The average Bonchev–Trinajstić information content (AvgIpc) is 3.01. The van der Waals surface area contributed by atoms with E-state index in [-0.39, 0.29) is 0 Å². The second kappa shape index (κ2) is 4.77. The van der Waals surface area contributed by atoms with Gasteiger partial charge in [-0.3, -0.25) is 0 Å². The van der Waals surface area contributed by atoms with E-state index in [0.717, 1.165) is 35.4 Å². The van der Waals surface area contributed by atoms with Crippen LogP contribution in [0, 0.1) is 0 Å². The molecule has 0 bridgehead atoms. The highest BCUT2D eigenvalue weighted by Gasteiger charge is 2.27. The third-order valence-electron chi connectivity index (χ3n) is 3.76. The van der Waals surface area contributed by atoms with Gasteiger partial charge in [-0.25, -0.2) is 15.0 Å². The maximum absolute atomic E-state index is 4.78. The van der Waals surface area contributed by atoms with Crippen molar-refractivity contribution in [2.24, 2.45) is 0 Å². The number of hydrogen-bond donors (Lipinski definition) is 1. The van der Waals surface area contributed by atoms with E-state index in [1.165, 1.54) is 24.1 Å². The van der Waals surface area contributed by atoms with Crippen molar-refractivity contribution in [1.82, 2.24) is 19.5 Å². The standard InChI is InChI=1S/C14H17N5S/c1-2-16-13-10-6-20-7-11(10)17-14(18-13)12-5-15-8-19(12)9-3-4-9/h5,8-9H,2-4,6-7H2,1H3,(H,16,17,18). The number of anilines is 1. The highest BCUT2D eigenvalue weighted by molar-refractivity contribution is 7.98. The molecule has 1 fully saturated rings. The molecule has 4 rings (SSSR count). The molecule has 0 unspecified atom stereocenters. The number of nitrogens with zero attached hydrogens (tertiary/aromatic N) is 4. The summed E-state index contributed by atoms with van der Waals surface area (Å²) in [5.41, 5.74) is 3.50. The second-order valence-corrected chi connectivity index (χ2v) is 6.25. The summed E-state index contributed by atoms with van der Waals surface area (Å²) in [6.45, 7) is 2.99. The van der Waals surface area contributed by atoms with Crippen molar-refractivity contribution >= 4 is 17.6 Å². The van der Waals surface area contributed by atoms with Crippen molar-refractivity contribution in [2.75, 3.05) is 11.9 Å². The molecule has 0 atom stereocenters. The first kappa shape index (κ1) is 12.2. The van der Waals surface area contributed by atoms with Gasteiger partial charge in [0.15, 0.2) is 5.82 Å². The van der Waals surface area contributed by atoms with Crippen LogP contribution in [0.1, 0.15) is 37.1 Å². The van der Waals surface area contributed by atoms with Crippen molar-refractivity contribution in [2.45, 2.75) is 37.3 Å². The Kier molecular flexibility index (Phi) is 2.91. The van der Waals surface area contributed by atoms with Crippen molar-refractivity contribution in [1.29, 1.82) is 0 Å². The number of hydrogen-bond acceptors (Lipinski definition) is 5. The number of aromatic nitrogens is 4. The summed E-state index contributed by atoms with van der Waals surface area (Å²) in [7, 11) is 0. The molecule has 0 aromatic carbocycles. The smallest absolute Gasteiger partial charge is 0.180 e. The van der Waals surface area contributed by atoms with Gasteiger partial charge in [0.25, 0.3) is 0 Å². The largest absolute Gasteiger partial charge is 0.370 e. The lowest BCUT2D eigenvalue weighted by atomic mass is 10.2. The predicted octanol–water partition coefficient (Wildman–Crippen LogP) is 2.85. The maximum Gasteiger partial charge on any atom is 0.180 e. The molecule has 2 aromatic heterocycles. The van der Waals surface area contributed by atoms with Crippen molar-refractivity contribution in [3.63, 3.8) is 0 Å². The summed E-state index contributed by atoms with van der Waals surface area (Å²) in [6, 6.07) is 0.598. The first-order valence-electron chi connectivity index (χ1n) is 7.10. The number of nitrogens with one attached hydrogen (secondary N) is 1. The zero-order valence-corrected chi connectivity index (χ0v) is 12.3. The molecule has 2 aliphatic rings. The van der Waals surface area contributed by atoms with Gasteiger partial charge in [-0.1, -0.05) is 0 Å². The van der Waals surface area contributed by atoms with Gasteiger partial charge in [-0.15, -0.1) is 0 Å². The van der Waals surface area contributed by atoms with Gasteiger partial charge in [-0.05, 0) is 19.8 Å². The summed E-state index contributed by atoms with van der Waals surface area (Å²) in [5, 5.41) is 3.38. The lowest BCUT2D eigenvalue weighted by molar-refractivity contribution is 0.742. The molecule has 2 aromatic rings. The average molecular weight is 287 g/mol. The first-order valence-corrected chi connectivity index (χ1v) is 8.26. The highest BCUT2D eigenvalue weighted by atomic mass is 32.2. The molecule has 0 spiro atoms. The van der Waals surface area contributed by atoms with E-state index in [1.54, 1.807) is 0 Å². The van der Waals surface area contributed by atoms with E-state index >= 15 is 0 Å². The van der Waals surface area contributed by atoms with Crippen LogP contribution in [0.3, 0.4) is 0 Å². The van der Waals surface area contributed by atoms with Crippen molar-refractivity contribution in [3.05, 3.63) is 23.8 Å². The summed E-state index contributed by atoms with van der Waals surface area (Å²) < 4.78 is 2.22. The third kappa shape index (κ3) is 1.98. The van der Waals surface area contributed by atoms with Gasteiger partial charge in [0.05, 0.1) is 18.2 Å². The van der Waals surface area contributed by atoms with Crippen LogP contribution in [0.15, 0.2) is 12.5 Å². The van der Waals surface area contributed by atoms with E-state index in [0.29, 0.717) is 6.04 Å². The fraction of sp³-hybridized carbons (Fsp3) is 0.500. The Hall–Kier alpha value is -1.56. The molecule has 104 valence electrons. The molecule has 0 amide bonds. The summed E-state index contributed by atoms with van der Waals surface area (Å²) >= 11 is 1.91. The monoisotopic (exact) mass is 287 g/mol. The molecule has 1 aliphatic carbocycles. The maximum atomic E-state index is 4.78. The van der Waals surface area contributed by atoms with Crippen LogP contribution in [-0.4, -0.2) is 26.1 Å². The van der Waals surface area contributed by atoms with E-state index in [9.17, 15) is 0 Å². The highest BCUT2D eigenvalue weighted by Crippen LogP contribution is 2.39. The van der Waals surface area contributed by atoms with Gasteiger partial charge >= 0.3 is 0 Å². The molecular weight excluding hydrogens is 270 g/mol. The van der Waals surface area contributed by atoms with Crippen LogP contribution in [-0.2, 0) is 11.5 Å². The molecule has 6 heteroatoms. The van der Waals surface area contributed by atoms with Gasteiger partial charge < -0.3 is 9.88 Å². The second-order valence-electron chi connectivity index (χ2n) is 5.26. The first-order chi connectivity index (χ1) is 9.86. The molecule has 1 N–H and O–H groups in total. The number of rotatable bonds is 4. The van der Waals surface area contributed by atoms with Gasteiger partial charge in [-0.2, -0.15) is 11.8 Å². The normalized spacial score (nSPS) is 17.2. The van der Waals surface area contributed by atoms with Crippen LogP contribution in [0.25, 0.3) is 11.5 Å². The molecule has 5 nitrogen and oxygen atoms in total. The minimum absolute atomic E-state index is 0.598. The minimum atomic E-state index is 0.598. The summed E-state index contributed by atoms with van der Waals surface area (Å²) in [4.78, 5) is 13.8. The van der Waals surface area contributed by atoms with Crippen LogP contribution < -0.4 is 5.32 Å². The topological polar surface area (TPSA) is 55.6 Å². The lowest BCUT2D eigenvalue weighted by Crippen LogP contribution is -2.08. The Morgan fingerprint density at radius 1 is 1.35 bits per heavy atom. The molecule has 0 radical (unpaired) electrons. The zero-order valence-electron chi connectivity index (χ0n) is 11.5. The van der Waals surface area contributed by atoms with Gasteiger partial charge in [0, 0.05) is 29.7 Å². The Labute approximate surface area is 122 Å². The molecular formula is C14H17N5S. The van der Waals surface area contributed by atoms with Crippen molar-refractivity contribution in [3.8, 4) is 11.5 Å². The van der Waals surface area contributed by atoms with Crippen LogP contribution in [0.2, 0.25) is 0 Å². The number of imidazole rings is 1. The van der Waals surface area contributed by atoms with Crippen LogP contribution in [0.5, 0.6) is 0 Å². The Bertz CT molecular complexity index is 647. The Balaban J connectivity index is 1.81. The van der Waals surface area contributed by atoms with E-state index < -0.39 is 0 Å². The molecule has 1 aliphatic heterocycles. The van der Waals surface area contributed by atoms with Crippen molar-refractivity contribution < 1.29 is 0 Å². The number of fused-ring (bicyclic) bond motifs is 1. The van der Waals surface area contributed by atoms with Gasteiger partial charge in [0.1, 0.15) is 11.5 Å². The summed E-state index contributed by atoms with van der Waals surface area (Å²) in [5.74, 6) is 3.81. The fourth-order valence-electron chi connectivity index (χ4n) is 2.60. The summed E-state index contributed by atoms with van der Waals surface area (Å²) in [6.07, 6.45) is 6.28. The van der Waals surface area contributed by atoms with E-state index in [4.69, 9.17) is 9.97 Å².